The van der Waals surface area contributed by atoms with Crippen molar-refractivity contribution in [2.75, 3.05) is 13.1 Å². The minimum atomic E-state index is 0.219. The van der Waals surface area contributed by atoms with E-state index in [0.717, 1.165) is 13.1 Å². The maximum atomic E-state index is 4.31. The number of hydrogen-bond donors (Lipinski definition) is 2. The third-order valence-corrected chi connectivity index (χ3v) is 4.62. The van der Waals surface area contributed by atoms with Crippen LogP contribution in [-0.2, 0) is 0 Å². The van der Waals surface area contributed by atoms with Gasteiger partial charge < -0.3 is 10.6 Å². The average Bonchev–Trinajstić information content (AvgIpc) is 2.57. The van der Waals surface area contributed by atoms with Gasteiger partial charge in [0.2, 0.25) is 0 Å². The molecule has 1 aromatic carbocycles. The Morgan fingerprint density at radius 2 is 1.91 bits per heavy atom. The quantitative estimate of drug-likeness (QED) is 0.910. The number of rotatable bonds is 4. The largest absolute Gasteiger partial charge is 0.317 e. The van der Waals surface area contributed by atoms with Crippen molar-refractivity contribution in [3.63, 3.8) is 0 Å². The van der Waals surface area contributed by atoms with E-state index in [-0.39, 0.29) is 6.04 Å². The van der Waals surface area contributed by atoms with Crippen molar-refractivity contribution in [2.45, 2.75) is 38.8 Å². The molecule has 22 heavy (non-hydrogen) atoms. The third-order valence-electron chi connectivity index (χ3n) is 4.62. The molecule has 2 aromatic rings. The van der Waals surface area contributed by atoms with Crippen LogP contribution < -0.4 is 10.6 Å². The van der Waals surface area contributed by atoms with Crippen molar-refractivity contribution >= 4 is 0 Å². The van der Waals surface area contributed by atoms with Crippen LogP contribution in [0.5, 0.6) is 0 Å². The van der Waals surface area contributed by atoms with E-state index in [0.29, 0.717) is 6.04 Å². The highest BCUT2D eigenvalue weighted by atomic mass is 15.0. The molecule has 3 rings (SSSR count). The van der Waals surface area contributed by atoms with Gasteiger partial charge in [-0.05, 0) is 68.1 Å². The molecule has 0 bridgehead atoms. The second-order valence-electron chi connectivity index (χ2n) is 6.25. The van der Waals surface area contributed by atoms with Crippen LogP contribution in [0.4, 0.5) is 0 Å². The Hall–Kier alpha value is -1.71. The molecule has 1 aromatic heterocycles. The molecule has 1 saturated heterocycles. The van der Waals surface area contributed by atoms with Crippen LogP contribution in [-0.4, -0.2) is 24.1 Å². The van der Waals surface area contributed by atoms with Crippen molar-refractivity contribution in [1.82, 2.24) is 15.6 Å². The minimum absolute atomic E-state index is 0.219. The summed E-state index contributed by atoms with van der Waals surface area (Å²) in [4.78, 5) is 4.31. The van der Waals surface area contributed by atoms with Gasteiger partial charge in [0, 0.05) is 18.4 Å². The van der Waals surface area contributed by atoms with E-state index >= 15 is 0 Å². The number of nitrogens with one attached hydrogen (secondary N) is 2. The van der Waals surface area contributed by atoms with Gasteiger partial charge in [-0.2, -0.15) is 0 Å². The highest BCUT2D eigenvalue weighted by Gasteiger charge is 2.20. The van der Waals surface area contributed by atoms with Gasteiger partial charge in [-0.25, -0.2) is 0 Å². The number of aryl methyl sites for hydroxylation is 2. The van der Waals surface area contributed by atoms with Gasteiger partial charge in [-0.1, -0.05) is 24.3 Å². The Bertz CT molecular complexity index is 603. The molecule has 0 unspecified atom stereocenters. The molecule has 0 spiro atoms. The van der Waals surface area contributed by atoms with E-state index in [1.54, 1.807) is 0 Å². The molecule has 0 aliphatic carbocycles. The molecular formula is C19H25N3. The standard InChI is InChI=1S/C19H25N3/c1-14-5-6-16(12-15(14)2)19(17-4-3-9-21-13-17)22-18-7-10-20-11-8-18/h3-6,9,12-13,18-20,22H,7-8,10-11H2,1-2H3/t19-/m0/s1. The summed E-state index contributed by atoms with van der Waals surface area (Å²) in [5, 5.41) is 7.29. The lowest BCUT2D eigenvalue weighted by molar-refractivity contribution is 0.367. The number of benzene rings is 1. The van der Waals surface area contributed by atoms with Gasteiger partial charge in [0.1, 0.15) is 0 Å². The van der Waals surface area contributed by atoms with Gasteiger partial charge in [-0.3, -0.25) is 4.98 Å². The van der Waals surface area contributed by atoms with Crippen molar-refractivity contribution in [2.24, 2.45) is 0 Å². The SMILES string of the molecule is Cc1ccc([C@H](NC2CCNCC2)c2cccnc2)cc1C. The molecule has 2 N–H and O–H groups in total. The van der Waals surface area contributed by atoms with Crippen LogP contribution in [0.15, 0.2) is 42.7 Å². The summed E-state index contributed by atoms with van der Waals surface area (Å²) in [6, 6.07) is 11.7. The third kappa shape index (κ3) is 3.54. The Morgan fingerprint density at radius 1 is 1.09 bits per heavy atom. The molecule has 2 heterocycles. The normalized spacial score (nSPS) is 17.4. The first-order valence-corrected chi connectivity index (χ1v) is 8.18. The Morgan fingerprint density at radius 3 is 2.59 bits per heavy atom. The fourth-order valence-electron chi connectivity index (χ4n) is 3.10. The van der Waals surface area contributed by atoms with Gasteiger partial charge in [0.05, 0.1) is 6.04 Å². The van der Waals surface area contributed by atoms with Crippen LogP contribution in [0, 0.1) is 13.8 Å². The van der Waals surface area contributed by atoms with Crippen LogP contribution in [0.25, 0.3) is 0 Å². The van der Waals surface area contributed by atoms with Gasteiger partial charge in [0.25, 0.3) is 0 Å². The van der Waals surface area contributed by atoms with E-state index in [1.807, 2.05) is 18.5 Å². The zero-order valence-corrected chi connectivity index (χ0v) is 13.5. The van der Waals surface area contributed by atoms with Crippen LogP contribution >= 0.6 is 0 Å². The summed E-state index contributed by atoms with van der Waals surface area (Å²) < 4.78 is 0. The summed E-state index contributed by atoms with van der Waals surface area (Å²) >= 11 is 0. The van der Waals surface area contributed by atoms with Crippen molar-refractivity contribution in [1.29, 1.82) is 0 Å². The lowest BCUT2D eigenvalue weighted by Gasteiger charge is -2.29. The van der Waals surface area contributed by atoms with E-state index in [2.05, 4.69) is 53.7 Å². The van der Waals surface area contributed by atoms with E-state index in [9.17, 15) is 0 Å². The Labute approximate surface area is 133 Å². The maximum absolute atomic E-state index is 4.31. The summed E-state index contributed by atoms with van der Waals surface area (Å²) in [5.41, 5.74) is 5.26. The monoisotopic (exact) mass is 295 g/mol. The molecule has 1 atom stereocenters. The average molecular weight is 295 g/mol. The number of piperidine rings is 1. The molecule has 1 aliphatic heterocycles. The highest BCUT2D eigenvalue weighted by molar-refractivity contribution is 5.36. The predicted molar refractivity (Wildman–Crippen MR) is 91.0 cm³/mol. The second kappa shape index (κ2) is 7.03. The molecule has 116 valence electrons. The topological polar surface area (TPSA) is 37.0 Å². The maximum Gasteiger partial charge on any atom is 0.0594 e. The van der Waals surface area contributed by atoms with Crippen LogP contribution in [0.1, 0.15) is 41.1 Å². The fraction of sp³-hybridized carbons (Fsp3) is 0.421. The van der Waals surface area contributed by atoms with Crippen LogP contribution in [0.2, 0.25) is 0 Å². The predicted octanol–water partition coefficient (Wildman–Crippen LogP) is 3.13. The molecule has 3 nitrogen and oxygen atoms in total. The number of hydrogen-bond acceptors (Lipinski definition) is 3. The minimum Gasteiger partial charge on any atom is -0.317 e. The molecule has 3 heteroatoms. The molecule has 0 saturated carbocycles. The molecule has 1 aliphatic rings. The lowest BCUT2D eigenvalue weighted by atomic mass is 9.94. The van der Waals surface area contributed by atoms with E-state index in [4.69, 9.17) is 0 Å². The van der Waals surface area contributed by atoms with Crippen molar-refractivity contribution < 1.29 is 0 Å². The molecule has 1 fully saturated rings. The van der Waals surface area contributed by atoms with Gasteiger partial charge in [0.15, 0.2) is 0 Å². The smallest absolute Gasteiger partial charge is 0.0594 e. The zero-order valence-electron chi connectivity index (χ0n) is 13.5. The van der Waals surface area contributed by atoms with E-state index in [1.165, 1.54) is 35.1 Å². The summed E-state index contributed by atoms with van der Waals surface area (Å²) in [7, 11) is 0. The molecular weight excluding hydrogens is 270 g/mol. The zero-order chi connectivity index (χ0) is 15.4. The summed E-state index contributed by atoms with van der Waals surface area (Å²) in [6.45, 7) is 6.55. The number of nitrogens with zero attached hydrogens (tertiary/aromatic N) is 1. The molecule has 0 radical (unpaired) electrons. The molecule has 0 amide bonds. The van der Waals surface area contributed by atoms with Crippen molar-refractivity contribution in [3.05, 3.63) is 65.0 Å². The summed E-state index contributed by atoms with van der Waals surface area (Å²) in [5.74, 6) is 0. The first-order valence-electron chi connectivity index (χ1n) is 8.18. The lowest BCUT2D eigenvalue weighted by Crippen LogP contribution is -2.41. The Balaban J connectivity index is 1.89. The Kier molecular flexibility index (Phi) is 4.86. The number of pyridine rings is 1. The van der Waals surface area contributed by atoms with Gasteiger partial charge >= 0.3 is 0 Å². The van der Waals surface area contributed by atoms with E-state index < -0.39 is 0 Å². The van der Waals surface area contributed by atoms with Crippen molar-refractivity contribution in [3.8, 4) is 0 Å². The number of aromatic nitrogens is 1. The fourth-order valence-corrected chi connectivity index (χ4v) is 3.10. The second-order valence-corrected chi connectivity index (χ2v) is 6.25. The summed E-state index contributed by atoms with van der Waals surface area (Å²) in [6.07, 6.45) is 6.18. The first kappa shape index (κ1) is 15.2. The van der Waals surface area contributed by atoms with Crippen LogP contribution in [0.3, 0.4) is 0 Å². The highest BCUT2D eigenvalue weighted by Crippen LogP contribution is 2.25. The van der Waals surface area contributed by atoms with Gasteiger partial charge in [-0.15, -0.1) is 0 Å². The first-order chi connectivity index (χ1) is 10.7.